The van der Waals surface area contributed by atoms with E-state index < -0.39 is 6.10 Å². The summed E-state index contributed by atoms with van der Waals surface area (Å²) in [4.78, 5) is 47.4. The lowest BCUT2D eigenvalue weighted by Crippen LogP contribution is -2.41. The third-order valence-electron chi connectivity index (χ3n) is 6.69. The topological polar surface area (TPSA) is 85.9 Å². The Hall–Kier alpha value is -3.65. The molecule has 36 heavy (non-hydrogen) atoms. The van der Waals surface area contributed by atoms with Gasteiger partial charge in [0.15, 0.2) is 0 Å². The summed E-state index contributed by atoms with van der Waals surface area (Å²) in [6.07, 6.45) is 2.07. The molecular formula is C28H34N4O4. The van der Waals surface area contributed by atoms with E-state index in [-0.39, 0.29) is 37.4 Å². The predicted molar refractivity (Wildman–Crippen MR) is 139 cm³/mol. The molecule has 0 bridgehead atoms. The second-order valence-corrected chi connectivity index (χ2v) is 9.04. The summed E-state index contributed by atoms with van der Waals surface area (Å²) >= 11 is 0. The predicted octanol–water partition coefficient (Wildman–Crippen LogP) is 2.95. The first-order chi connectivity index (χ1) is 17.5. The van der Waals surface area contributed by atoms with Crippen LogP contribution in [0.3, 0.4) is 0 Å². The number of fused-ring (bicyclic) bond motifs is 1. The van der Waals surface area contributed by atoms with Crippen molar-refractivity contribution in [2.45, 2.75) is 26.4 Å². The lowest BCUT2D eigenvalue weighted by Gasteiger charge is -2.26. The Morgan fingerprint density at radius 3 is 2.58 bits per heavy atom. The molecule has 1 aromatic heterocycles. The highest BCUT2D eigenvalue weighted by molar-refractivity contribution is 5.99. The van der Waals surface area contributed by atoms with Crippen LogP contribution in [0.1, 0.15) is 29.8 Å². The molecule has 2 heterocycles. The lowest BCUT2D eigenvalue weighted by molar-refractivity contribution is -0.138. The number of amides is 3. The number of hydrogen-bond acceptors (Lipinski definition) is 4. The van der Waals surface area contributed by atoms with Gasteiger partial charge in [-0.1, -0.05) is 30.3 Å². The van der Waals surface area contributed by atoms with Crippen LogP contribution in [0, 0.1) is 0 Å². The van der Waals surface area contributed by atoms with Crippen molar-refractivity contribution in [3.63, 3.8) is 0 Å². The Kier molecular flexibility index (Phi) is 8.38. The molecule has 1 aliphatic rings. The molecule has 2 aromatic carbocycles. The van der Waals surface area contributed by atoms with Crippen LogP contribution < -0.4 is 0 Å². The molecule has 0 spiro atoms. The Balaban J connectivity index is 1.51. The fraction of sp³-hybridized carbons (Fsp3) is 0.393. The molecule has 1 N–H and O–H groups in total. The molecule has 3 amide bonds. The monoisotopic (exact) mass is 490 g/mol. The Morgan fingerprint density at radius 1 is 1.06 bits per heavy atom. The number of carbonyl (C=O) groups excluding carboxylic acids is 3. The smallest absolute Gasteiger partial charge is 0.254 e. The largest absolute Gasteiger partial charge is 0.365 e. The molecule has 8 heteroatoms. The molecule has 1 saturated heterocycles. The molecule has 1 aliphatic heterocycles. The van der Waals surface area contributed by atoms with Crippen molar-refractivity contribution in [2.24, 2.45) is 0 Å². The maximum atomic E-state index is 13.4. The summed E-state index contributed by atoms with van der Waals surface area (Å²) in [7, 11) is 0. The zero-order valence-corrected chi connectivity index (χ0v) is 21.0. The highest BCUT2D eigenvalue weighted by Crippen LogP contribution is 2.18. The van der Waals surface area contributed by atoms with Crippen LogP contribution in [-0.4, -0.2) is 89.4 Å². The molecule has 0 aliphatic carbocycles. The maximum absolute atomic E-state index is 13.4. The molecule has 1 atom stereocenters. The van der Waals surface area contributed by atoms with Crippen LogP contribution in [-0.2, 0) is 20.7 Å². The van der Waals surface area contributed by atoms with Gasteiger partial charge in [-0.25, -0.2) is 0 Å². The zero-order valence-electron chi connectivity index (χ0n) is 21.0. The van der Waals surface area contributed by atoms with E-state index in [1.807, 2.05) is 68.6 Å². The van der Waals surface area contributed by atoms with E-state index in [0.29, 0.717) is 38.2 Å². The van der Waals surface area contributed by atoms with E-state index in [0.717, 1.165) is 16.5 Å². The van der Waals surface area contributed by atoms with Crippen LogP contribution in [0.2, 0.25) is 0 Å². The van der Waals surface area contributed by atoms with Crippen molar-refractivity contribution in [1.82, 2.24) is 19.7 Å². The standard InChI is InChI=1S/C28H34N4O4/c1-3-30(4-2)27(34)20-36-24-17-31(15-13-21-8-6-5-7-9-21)26(33)19-32(18-24)28(35)23-10-11-25-22(16-23)12-14-29-25/h5-12,14,16,24,29H,3-4,13,15,17-20H2,1-2H3. The van der Waals surface area contributed by atoms with Gasteiger partial charge >= 0.3 is 0 Å². The Bertz CT molecular complexity index is 1190. The molecular weight excluding hydrogens is 456 g/mol. The molecule has 0 radical (unpaired) electrons. The summed E-state index contributed by atoms with van der Waals surface area (Å²) in [6, 6.07) is 17.4. The van der Waals surface area contributed by atoms with Crippen LogP contribution >= 0.6 is 0 Å². The first-order valence-corrected chi connectivity index (χ1v) is 12.6. The third kappa shape index (κ3) is 6.12. The molecule has 0 saturated carbocycles. The van der Waals surface area contributed by atoms with E-state index in [4.69, 9.17) is 4.74 Å². The molecule has 190 valence electrons. The van der Waals surface area contributed by atoms with Crippen molar-refractivity contribution >= 4 is 28.6 Å². The van der Waals surface area contributed by atoms with Crippen molar-refractivity contribution in [1.29, 1.82) is 0 Å². The second kappa shape index (κ2) is 11.9. The van der Waals surface area contributed by atoms with Gasteiger partial charge in [-0.3, -0.25) is 14.4 Å². The van der Waals surface area contributed by atoms with E-state index in [1.54, 1.807) is 20.8 Å². The normalized spacial score (nSPS) is 16.3. The van der Waals surface area contributed by atoms with Gasteiger partial charge in [0, 0.05) is 55.4 Å². The number of likely N-dealkylation sites (N-methyl/N-ethyl adjacent to an activating group) is 1. The van der Waals surface area contributed by atoms with E-state index >= 15 is 0 Å². The zero-order chi connectivity index (χ0) is 25.5. The number of rotatable bonds is 9. The Morgan fingerprint density at radius 2 is 1.83 bits per heavy atom. The van der Waals surface area contributed by atoms with Gasteiger partial charge < -0.3 is 24.4 Å². The van der Waals surface area contributed by atoms with Gasteiger partial charge in [0.2, 0.25) is 11.8 Å². The van der Waals surface area contributed by atoms with Gasteiger partial charge in [0.05, 0.1) is 6.10 Å². The van der Waals surface area contributed by atoms with Gasteiger partial charge in [0.25, 0.3) is 5.91 Å². The Labute approximate surface area is 211 Å². The SMILES string of the molecule is CCN(CC)C(=O)COC1CN(CCc2ccccc2)C(=O)CN(C(=O)c2ccc3[nH]ccc3c2)C1. The van der Waals surface area contributed by atoms with Gasteiger partial charge in [-0.05, 0) is 50.1 Å². The van der Waals surface area contributed by atoms with Crippen molar-refractivity contribution < 1.29 is 19.1 Å². The van der Waals surface area contributed by atoms with E-state index in [2.05, 4.69) is 4.98 Å². The summed E-state index contributed by atoms with van der Waals surface area (Å²) in [6.45, 7) is 6.06. The maximum Gasteiger partial charge on any atom is 0.254 e. The number of hydrogen-bond donors (Lipinski definition) is 1. The molecule has 1 fully saturated rings. The molecule has 4 rings (SSSR count). The summed E-state index contributed by atoms with van der Waals surface area (Å²) in [5.74, 6) is -0.439. The highest BCUT2D eigenvalue weighted by Gasteiger charge is 2.32. The number of carbonyl (C=O) groups is 3. The first-order valence-electron chi connectivity index (χ1n) is 12.6. The van der Waals surface area contributed by atoms with Crippen molar-refractivity contribution in [3.05, 3.63) is 71.9 Å². The van der Waals surface area contributed by atoms with Crippen molar-refractivity contribution in [3.8, 4) is 0 Å². The third-order valence-corrected chi connectivity index (χ3v) is 6.69. The van der Waals surface area contributed by atoms with Crippen LogP contribution in [0.15, 0.2) is 60.8 Å². The number of nitrogens with one attached hydrogen (secondary N) is 1. The van der Waals surface area contributed by atoms with Gasteiger partial charge in [-0.2, -0.15) is 0 Å². The van der Waals surface area contributed by atoms with Gasteiger partial charge in [0.1, 0.15) is 13.2 Å². The quantitative estimate of drug-likeness (QED) is 0.500. The minimum atomic E-state index is -0.466. The number of nitrogens with zero attached hydrogens (tertiary/aromatic N) is 3. The van der Waals surface area contributed by atoms with Crippen LogP contribution in [0.25, 0.3) is 10.9 Å². The second-order valence-electron chi connectivity index (χ2n) is 9.04. The fourth-order valence-electron chi connectivity index (χ4n) is 4.59. The molecule has 3 aromatic rings. The number of H-pyrrole nitrogens is 1. The van der Waals surface area contributed by atoms with Crippen LogP contribution in [0.4, 0.5) is 0 Å². The summed E-state index contributed by atoms with van der Waals surface area (Å²) in [5.41, 5.74) is 2.60. The lowest BCUT2D eigenvalue weighted by atomic mass is 10.1. The molecule has 1 unspecified atom stereocenters. The summed E-state index contributed by atoms with van der Waals surface area (Å²) < 4.78 is 6.03. The molecule has 8 nitrogen and oxygen atoms in total. The minimum absolute atomic E-state index is 0.0252. The van der Waals surface area contributed by atoms with E-state index in [1.165, 1.54) is 0 Å². The number of aromatic nitrogens is 1. The van der Waals surface area contributed by atoms with Gasteiger partial charge in [-0.15, -0.1) is 0 Å². The first kappa shape index (κ1) is 25.4. The van der Waals surface area contributed by atoms with Crippen molar-refractivity contribution in [2.75, 3.05) is 45.9 Å². The minimum Gasteiger partial charge on any atom is -0.365 e. The number of aromatic amines is 1. The number of ether oxygens (including phenoxy) is 1. The average Bonchev–Trinajstić information content (AvgIpc) is 3.31. The highest BCUT2D eigenvalue weighted by atomic mass is 16.5. The fourth-order valence-corrected chi connectivity index (χ4v) is 4.59. The average molecular weight is 491 g/mol. The summed E-state index contributed by atoms with van der Waals surface area (Å²) in [5, 5.41) is 0.934. The van der Waals surface area contributed by atoms with Crippen LogP contribution in [0.5, 0.6) is 0 Å². The number of benzene rings is 2. The van der Waals surface area contributed by atoms with E-state index in [9.17, 15) is 14.4 Å².